The number of nitrogens with two attached hydrogens (primary N) is 1. The smallest absolute Gasteiger partial charge is 0.250 e. The molecule has 0 spiro atoms. The number of ether oxygens (including phenoxy) is 1. The topological polar surface area (TPSA) is 64.3 Å². The van der Waals surface area contributed by atoms with Crippen molar-refractivity contribution in [1.29, 1.82) is 0 Å². The Balaban J connectivity index is 2.54. The van der Waals surface area contributed by atoms with E-state index in [4.69, 9.17) is 10.5 Å². The highest BCUT2D eigenvalue weighted by Gasteiger charge is 2.17. The van der Waals surface area contributed by atoms with E-state index in [0.717, 1.165) is 6.42 Å². The van der Waals surface area contributed by atoms with Crippen LogP contribution in [0.2, 0.25) is 0 Å². The lowest BCUT2D eigenvalue weighted by Crippen LogP contribution is -2.45. The molecule has 0 aromatic heterocycles. The van der Waals surface area contributed by atoms with E-state index in [0.29, 0.717) is 0 Å². The molecule has 0 fully saturated rings. The number of aryl methyl sites for hydroxylation is 1. The van der Waals surface area contributed by atoms with E-state index in [9.17, 15) is 4.79 Å². The number of hydrogen-bond acceptors (Lipinski definition) is 3. The molecule has 0 bridgehead atoms. The van der Waals surface area contributed by atoms with E-state index < -0.39 is 6.10 Å². The molecule has 100 valence electrons. The van der Waals surface area contributed by atoms with Crippen LogP contribution in [0.5, 0.6) is 0 Å². The van der Waals surface area contributed by atoms with Crippen LogP contribution in [-0.4, -0.2) is 31.7 Å². The van der Waals surface area contributed by atoms with Crippen molar-refractivity contribution in [2.45, 2.75) is 32.4 Å². The maximum Gasteiger partial charge on any atom is 0.250 e. The zero-order chi connectivity index (χ0) is 13.5. The number of methoxy groups -OCH3 is 1. The van der Waals surface area contributed by atoms with Crippen LogP contribution in [0.15, 0.2) is 24.3 Å². The van der Waals surface area contributed by atoms with Gasteiger partial charge in [0, 0.05) is 19.7 Å². The normalized spacial score (nSPS) is 14.0. The van der Waals surface area contributed by atoms with Crippen molar-refractivity contribution in [3.8, 4) is 0 Å². The Hall–Kier alpha value is -1.39. The quantitative estimate of drug-likeness (QED) is 0.792. The van der Waals surface area contributed by atoms with E-state index in [2.05, 4.69) is 24.4 Å². The third kappa shape index (κ3) is 4.13. The Morgan fingerprint density at radius 3 is 2.67 bits per heavy atom. The van der Waals surface area contributed by atoms with Crippen molar-refractivity contribution >= 4 is 5.91 Å². The molecule has 1 rings (SSSR count). The monoisotopic (exact) mass is 250 g/mol. The molecule has 0 saturated carbocycles. The summed E-state index contributed by atoms with van der Waals surface area (Å²) < 4.78 is 5.00. The van der Waals surface area contributed by atoms with E-state index in [1.54, 1.807) is 0 Å². The Morgan fingerprint density at radius 1 is 1.44 bits per heavy atom. The van der Waals surface area contributed by atoms with Gasteiger partial charge in [-0.25, -0.2) is 0 Å². The highest BCUT2D eigenvalue weighted by Crippen LogP contribution is 2.09. The van der Waals surface area contributed by atoms with Gasteiger partial charge < -0.3 is 15.8 Å². The van der Waals surface area contributed by atoms with Crippen molar-refractivity contribution in [3.63, 3.8) is 0 Å². The molecular formula is C14H22N2O2. The highest BCUT2D eigenvalue weighted by molar-refractivity contribution is 5.81. The van der Waals surface area contributed by atoms with Crippen molar-refractivity contribution in [2.75, 3.05) is 13.7 Å². The fraction of sp³-hybridized carbons (Fsp3) is 0.500. The first kappa shape index (κ1) is 14.7. The van der Waals surface area contributed by atoms with Gasteiger partial charge in [-0.05, 0) is 31.4 Å². The van der Waals surface area contributed by atoms with Crippen molar-refractivity contribution in [2.24, 2.45) is 5.73 Å². The number of carbonyl (C=O) groups is 1. The molecule has 1 aromatic rings. The third-order valence-electron chi connectivity index (χ3n) is 2.97. The second-order valence-electron chi connectivity index (χ2n) is 4.50. The first-order chi connectivity index (χ1) is 8.58. The second-order valence-corrected chi connectivity index (χ2v) is 4.50. The summed E-state index contributed by atoms with van der Waals surface area (Å²) in [7, 11) is 1.49. The first-order valence-electron chi connectivity index (χ1n) is 6.16. The number of carbonyl (C=O) groups excluding carboxylic acids is 1. The molecule has 3 N–H and O–H groups in total. The van der Waals surface area contributed by atoms with Crippen LogP contribution < -0.4 is 11.1 Å². The van der Waals surface area contributed by atoms with E-state index in [-0.39, 0.29) is 18.5 Å². The van der Waals surface area contributed by atoms with Crippen LogP contribution in [0.1, 0.15) is 18.1 Å². The number of rotatable bonds is 6. The minimum Gasteiger partial charge on any atom is -0.370 e. The fourth-order valence-electron chi connectivity index (χ4n) is 1.87. The summed E-state index contributed by atoms with van der Waals surface area (Å²) in [6.07, 6.45) is 0.240. The minimum atomic E-state index is -0.565. The number of amides is 1. The lowest BCUT2D eigenvalue weighted by Gasteiger charge is -2.19. The van der Waals surface area contributed by atoms with Crippen molar-refractivity contribution in [3.05, 3.63) is 35.4 Å². The Labute approximate surface area is 109 Å². The molecule has 0 aliphatic rings. The van der Waals surface area contributed by atoms with Crippen LogP contribution in [0.25, 0.3) is 0 Å². The van der Waals surface area contributed by atoms with E-state index in [1.807, 2.05) is 19.1 Å². The zero-order valence-corrected chi connectivity index (χ0v) is 11.3. The van der Waals surface area contributed by atoms with Gasteiger partial charge in [-0.2, -0.15) is 0 Å². The third-order valence-corrected chi connectivity index (χ3v) is 2.97. The fourth-order valence-corrected chi connectivity index (χ4v) is 1.87. The molecule has 2 unspecified atom stereocenters. The van der Waals surface area contributed by atoms with E-state index in [1.165, 1.54) is 18.2 Å². The van der Waals surface area contributed by atoms with Gasteiger partial charge in [0.2, 0.25) is 0 Å². The molecule has 0 aliphatic heterocycles. The first-order valence-corrected chi connectivity index (χ1v) is 6.16. The molecule has 2 atom stereocenters. The molecule has 0 saturated heterocycles. The van der Waals surface area contributed by atoms with Crippen LogP contribution >= 0.6 is 0 Å². The highest BCUT2D eigenvalue weighted by atomic mass is 16.5. The largest absolute Gasteiger partial charge is 0.370 e. The molecule has 1 amide bonds. The maximum absolute atomic E-state index is 11.8. The number of nitrogens with one attached hydrogen (secondary N) is 1. The summed E-state index contributed by atoms with van der Waals surface area (Å²) in [5.74, 6) is -0.152. The van der Waals surface area contributed by atoms with Crippen molar-refractivity contribution in [1.82, 2.24) is 5.32 Å². The molecule has 0 heterocycles. The van der Waals surface area contributed by atoms with Crippen LogP contribution in [0.3, 0.4) is 0 Å². The summed E-state index contributed by atoms with van der Waals surface area (Å²) >= 11 is 0. The predicted molar refractivity (Wildman–Crippen MR) is 72.3 cm³/mol. The number of hydrogen-bond donors (Lipinski definition) is 2. The molecular weight excluding hydrogens is 228 g/mol. The van der Waals surface area contributed by atoms with Gasteiger partial charge >= 0.3 is 0 Å². The predicted octanol–water partition coefficient (Wildman–Crippen LogP) is 1.02. The average molecular weight is 250 g/mol. The lowest BCUT2D eigenvalue weighted by molar-refractivity contribution is -0.131. The Bertz CT molecular complexity index is 389. The molecule has 18 heavy (non-hydrogen) atoms. The van der Waals surface area contributed by atoms with Gasteiger partial charge in [0.15, 0.2) is 0 Å². The summed E-state index contributed by atoms with van der Waals surface area (Å²) in [6, 6.07) is 8.23. The van der Waals surface area contributed by atoms with Gasteiger partial charge in [-0.3, -0.25) is 4.79 Å². The number of benzene rings is 1. The molecule has 4 nitrogen and oxygen atoms in total. The van der Waals surface area contributed by atoms with Gasteiger partial charge in [-0.15, -0.1) is 0 Å². The average Bonchev–Trinajstić information content (AvgIpc) is 2.33. The summed E-state index contributed by atoms with van der Waals surface area (Å²) in [5.41, 5.74) is 7.93. The molecule has 4 heteroatoms. The van der Waals surface area contributed by atoms with Crippen LogP contribution in [-0.2, 0) is 16.0 Å². The lowest BCUT2D eigenvalue weighted by atomic mass is 10.0. The van der Waals surface area contributed by atoms with Gasteiger partial charge in [-0.1, -0.05) is 24.3 Å². The van der Waals surface area contributed by atoms with E-state index >= 15 is 0 Å². The van der Waals surface area contributed by atoms with Crippen LogP contribution in [0, 0.1) is 6.92 Å². The summed E-state index contributed by atoms with van der Waals surface area (Å²) in [5, 5.41) is 2.91. The zero-order valence-electron chi connectivity index (χ0n) is 11.3. The van der Waals surface area contributed by atoms with Crippen LogP contribution in [0.4, 0.5) is 0 Å². The Kier molecular flexibility index (Phi) is 5.82. The van der Waals surface area contributed by atoms with Gasteiger partial charge in [0.1, 0.15) is 6.10 Å². The minimum absolute atomic E-state index is 0.0581. The molecule has 0 aliphatic carbocycles. The SMILES string of the molecule is COC(CN)C(=O)NC(C)Cc1ccccc1C. The second kappa shape index (κ2) is 7.13. The van der Waals surface area contributed by atoms with Crippen molar-refractivity contribution < 1.29 is 9.53 Å². The summed E-state index contributed by atoms with van der Waals surface area (Å²) in [6.45, 7) is 4.24. The van der Waals surface area contributed by atoms with Gasteiger partial charge in [0.25, 0.3) is 5.91 Å². The Morgan fingerprint density at radius 2 is 2.11 bits per heavy atom. The maximum atomic E-state index is 11.8. The summed E-state index contributed by atoms with van der Waals surface area (Å²) in [4.78, 5) is 11.8. The molecule has 0 radical (unpaired) electrons. The van der Waals surface area contributed by atoms with Gasteiger partial charge in [0.05, 0.1) is 0 Å². The standard InChI is InChI=1S/C14H22N2O2/c1-10-6-4-5-7-12(10)8-11(2)16-14(17)13(9-15)18-3/h4-7,11,13H,8-9,15H2,1-3H3,(H,16,17). The molecule has 1 aromatic carbocycles.